The Morgan fingerprint density at radius 1 is 1.09 bits per heavy atom. The Morgan fingerprint density at radius 3 is 2.55 bits per heavy atom. The van der Waals surface area contributed by atoms with Crippen molar-refractivity contribution in [3.8, 4) is 0 Å². The third kappa shape index (κ3) is 5.21. The lowest BCUT2D eigenvalue weighted by molar-refractivity contribution is -0.140. The van der Waals surface area contributed by atoms with Crippen molar-refractivity contribution in [3.63, 3.8) is 0 Å². The Hall–Kier alpha value is -2.08. The highest BCUT2D eigenvalue weighted by Crippen LogP contribution is 2.30. The first-order chi connectivity index (χ1) is 15.9. The average Bonchev–Trinajstić information content (AvgIpc) is 3.16. The number of nitrogens with zero attached hydrogens (tertiary/aromatic N) is 3. The number of fused-ring (bicyclic) bond motifs is 3. The second-order valence-electron chi connectivity index (χ2n) is 9.66. The fraction of sp³-hybridized carbons (Fsp3) is 0.519. The van der Waals surface area contributed by atoms with E-state index in [-0.39, 0.29) is 5.91 Å². The maximum atomic E-state index is 13.4. The first-order valence-electron chi connectivity index (χ1n) is 12.1. The number of halogens is 1. The molecular weight excluding hydrogens is 434 g/mol. The fourth-order valence-corrected chi connectivity index (χ4v) is 4.92. The Balaban J connectivity index is 1.57. The Kier molecular flexibility index (Phi) is 7.62. The van der Waals surface area contributed by atoms with Gasteiger partial charge in [-0.2, -0.15) is 0 Å². The summed E-state index contributed by atoms with van der Waals surface area (Å²) < 4.78 is 7.81. The molecule has 1 aromatic heterocycles. The van der Waals surface area contributed by atoms with Gasteiger partial charge in [-0.3, -0.25) is 9.69 Å². The van der Waals surface area contributed by atoms with Crippen LogP contribution in [-0.4, -0.2) is 65.5 Å². The normalized spacial score (nSPS) is 15.4. The molecule has 2 heterocycles. The van der Waals surface area contributed by atoms with Crippen molar-refractivity contribution in [1.29, 1.82) is 0 Å². The van der Waals surface area contributed by atoms with Crippen LogP contribution in [0.1, 0.15) is 32.8 Å². The molecule has 1 saturated heterocycles. The van der Waals surface area contributed by atoms with Gasteiger partial charge >= 0.3 is 0 Å². The molecule has 178 valence electrons. The maximum absolute atomic E-state index is 13.4. The Morgan fingerprint density at radius 2 is 1.82 bits per heavy atom. The molecule has 1 amide bonds. The number of carbonyl (C=O) groups excluding carboxylic acids is 1. The van der Waals surface area contributed by atoms with E-state index in [1.54, 1.807) is 0 Å². The van der Waals surface area contributed by atoms with E-state index in [1.165, 1.54) is 21.8 Å². The van der Waals surface area contributed by atoms with Crippen LogP contribution in [0.4, 0.5) is 0 Å². The van der Waals surface area contributed by atoms with Gasteiger partial charge in [0.1, 0.15) is 0 Å². The molecule has 1 fully saturated rings. The first kappa shape index (κ1) is 24.1. The van der Waals surface area contributed by atoms with Gasteiger partial charge in [0, 0.05) is 67.0 Å². The van der Waals surface area contributed by atoms with Crippen molar-refractivity contribution in [1.82, 2.24) is 14.4 Å². The molecule has 33 heavy (non-hydrogen) atoms. The molecular formula is C27H36ClN3O2. The number of carbonyl (C=O) groups is 1. The van der Waals surface area contributed by atoms with Crippen LogP contribution < -0.4 is 0 Å². The predicted octanol–water partition coefficient (Wildman–Crippen LogP) is 5.13. The van der Waals surface area contributed by atoms with Crippen LogP contribution in [0, 0.1) is 5.41 Å². The third-order valence-electron chi connectivity index (χ3n) is 6.73. The van der Waals surface area contributed by atoms with Crippen LogP contribution in [0.5, 0.6) is 0 Å². The Bertz CT molecular complexity index is 1100. The minimum atomic E-state index is -0.580. The van der Waals surface area contributed by atoms with E-state index in [9.17, 15) is 4.79 Å². The van der Waals surface area contributed by atoms with E-state index in [2.05, 4.69) is 58.9 Å². The molecule has 0 unspecified atom stereocenters. The molecule has 5 nitrogen and oxygen atoms in total. The number of ether oxygens (including phenoxy) is 1. The highest BCUT2D eigenvalue weighted by molar-refractivity contribution is 6.19. The maximum Gasteiger partial charge on any atom is 0.229 e. The number of aromatic nitrogens is 1. The zero-order valence-corrected chi connectivity index (χ0v) is 20.9. The molecule has 3 aromatic rings. The van der Waals surface area contributed by atoms with Crippen molar-refractivity contribution in [2.45, 2.75) is 40.3 Å². The van der Waals surface area contributed by atoms with Crippen molar-refractivity contribution in [2.75, 3.05) is 45.3 Å². The number of hydrogen-bond donors (Lipinski definition) is 0. The van der Waals surface area contributed by atoms with Crippen LogP contribution in [0.3, 0.4) is 0 Å². The van der Waals surface area contributed by atoms with E-state index in [0.717, 1.165) is 57.9 Å². The number of morpholine rings is 1. The summed E-state index contributed by atoms with van der Waals surface area (Å²) in [6.07, 6.45) is 0.946. The summed E-state index contributed by atoms with van der Waals surface area (Å²) >= 11 is 6.18. The number of amides is 1. The lowest BCUT2D eigenvalue weighted by Crippen LogP contribution is -2.43. The van der Waals surface area contributed by atoms with E-state index in [0.29, 0.717) is 12.4 Å². The van der Waals surface area contributed by atoms with Gasteiger partial charge in [0.15, 0.2) is 0 Å². The van der Waals surface area contributed by atoms with Gasteiger partial charge in [0.2, 0.25) is 5.91 Å². The molecule has 1 aliphatic rings. The SMILES string of the molecule is CCn1c2ccccc2c2cc(CN(CCCN3CCOCC3)C(=O)C(C)(C)CCl)ccc21. The van der Waals surface area contributed by atoms with E-state index in [1.807, 2.05) is 18.7 Å². The number of aryl methyl sites for hydroxylation is 1. The van der Waals surface area contributed by atoms with Crippen LogP contribution in [0.2, 0.25) is 0 Å². The van der Waals surface area contributed by atoms with Gasteiger partial charge in [-0.25, -0.2) is 0 Å². The van der Waals surface area contributed by atoms with E-state index < -0.39 is 5.41 Å². The van der Waals surface area contributed by atoms with Crippen molar-refractivity contribution < 1.29 is 9.53 Å². The molecule has 0 spiro atoms. The van der Waals surface area contributed by atoms with Crippen molar-refractivity contribution in [2.24, 2.45) is 5.41 Å². The molecule has 0 bridgehead atoms. The summed E-state index contributed by atoms with van der Waals surface area (Å²) in [6, 6.07) is 15.2. The van der Waals surface area contributed by atoms with E-state index >= 15 is 0 Å². The summed E-state index contributed by atoms with van der Waals surface area (Å²) in [6.45, 7) is 12.8. The number of benzene rings is 2. The third-order valence-corrected chi connectivity index (χ3v) is 7.40. The summed E-state index contributed by atoms with van der Waals surface area (Å²) in [4.78, 5) is 17.8. The molecule has 2 aromatic carbocycles. The summed E-state index contributed by atoms with van der Waals surface area (Å²) in [5.74, 6) is 0.435. The largest absolute Gasteiger partial charge is 0.379 e. The van der Waals surface area contributed by atoms with Gasteiger partial charge < -0.3 is 14.2 Å². The molecule has 0 N–H and O–H groups in total. The number of para-hydroxylation sites is 1. The molecule has 6 heteroatoms. The minimum absolute atomic E-state index is 0.121. The fourth-order valence-electron chi connectivity index (χ4n) is 4.81. The van der Waals surface area contributed by atoms with Crippen LogP contribution in [0.25, 0.3) is 21.8 Å². The molecule has 0 saturated carbocycles. The zero-order chi connectivity index (χ0) is 23.4. The summed E-state index contributed by atoms with van der Waals surface area (Å²) in [7, 11) is 0. The van der Waals surface area contributed by atoms with Gasteiger partial charge in [0.05, 0.1) is 18.6 Å². The predicted molar refractivity (Wildman–Crippen MR) is 137 cm³/mol. The molecule has 1 aliphatic heterocycles. The molecule has 4 rings (SSSR count). The standard InChI is InChI=1S/C27H36ClN3O2/c1-4-31-24-9-6-5-8-22(24)23-18-21(10-11-25(23)31)19-30(26(32)27(2,3)20-28)13-7-12-29-14-16-33-17-15-29/h5-6,8-11,18H,4,7,12-17,19-20H2,1-3H3. The summed E-state index contributed by atoms with van der Waals surface area (Å²) in [5.41, 5.74) is 3.08. The number of alkyl halides is 1. The lowest BCUT2D eigenvalue weighted by Gasteiger charge is -2.32. The van der Waals surface area contributed by atoms with Gasteiger partial charge in [-0.15, -0.1) is 11.6 Å². The second kappa shape index (κ2) is 10.5. The minimum Gasteiger partial charge on any atom is -0.379 e. The van der Waals surface area contributed by atoms with Gasteiger partial charge in [-0.05, 0) is 51.0 Å². The van der Waals surface area contributed by atoms with Crippen LogP contribution >= 0.6 is 11.6 Å². The van der Waals surface area contributed by atoms with Crippen molar-refractivity contribution >= 4 is 39.3 Å². The van der Waals surface area contributed by atoms with Gasteiger partial charge in [0.25, 0.3) is 0 Å². The van der Waals surface area contributed by atoms with Crippen LogP contribution in [-0.2, 0) is 22.6 Å². The zero-order valence-electron chi connectivity index (χ0n) is 20.1. The van der Waals surface area contributed by atoms with E-state index in [4.69, 9.17) is 16.3 Å². The molecule has 0 atom stereocenters. The average molecular weight is 470 g/mol. The lowest BCUT2D eigenvalue weighted by atomic mass is 9.94. The van der Waals surface area contributed by atoms with Crippen LogP contribution in [0.15, 0.2) is 42.5 Å². The molecule has 0 aliphatic carbocycles. The highest BCUT2D eigenvalue weighted by atomic mass is 35.5. The molecule has 0 radical (unpaired) electrons. The highest BCUT2D eigenvalue weighted by Gasteiger charge is 2.31. The topological polar surface area (TPSA) is 37.7 Å². The summed E-state index contributed by atoms with van der Waals surface area (Å²) in [5, 5.41) is 2.52. The van der Waals surface area contributed by atoms with Gasteiger partial charge in [-0.1, -0.05) is 24.3 Å². The number of hydrogen-bond acceptors (Lipinski definition) is 3. The monoisotopic (exact) mass is 469 g/mol. The number of rotatable bonds is 9. The second-order valence-corrected chi connectivity index (χ2v) is 9.93. The Labute approximate surface area is 202 Å². The quantitative estimate of drug-likeness (QED) is 0.408. The smallest absolute Gasteiger partial charge is 0.229 e. The van der Waals surface area contributed by atoms with Crippen molar-refractivity contribution in [3.05, 3.63) is 48.0 Å². The first-order valence-corrected chi connectivity index (χ1v) is 12.6.